The van der Waals surface area contributed by atoms with Gasteiger partial charge in [-0.25, -0.2) is 15.0 Å². The number of rotatable bonds is 1. The van der Waals surface area contributed by atoms with Crippen molar-refractivity contribution >= 4 is 29.4 Å². The number of hydrogen-bond acceptors (Lipinski definition) is 4. The number of pyridine rings is 1. The molecule has 4 rings (SSSR count). The van der Waals surface area contributed by atoms with E-state index in [4.69, 9.17) is 5.73 Å². The van der Waals surface area contributed by atoms with Gasteiger partial charge < -0.3 is 5.73 Å². The van der Waals surface area contributed by atoms with Crippen molar-refractivity contribution in [3.63, 3.8) is 0 Å². The second-order valence-corrected chi connectivity index (χ2v) is 6.09. The molecule has 3 heterocycles. The van der Waals surface area contributed by atoms with Gasteiger partial charge in [-0.2, -0.15) is 4.48 Å². The molecule has 0 saturated heterocycles. The number of aliphatic imine (C=N–C) groups is 2. The lowest BCUT2D eigenvalue weighted by Gasteiger charge is -2.35. The third kappa shape index (κ3) is 1.74. The summed E-state index contributed by atoms with van der Waals surface area (Å²) in [6, 6.07) is 8.19. The minimum atomic E-state index is 0.309. The first-order chi connectivity index (χ1) is 11.0. The Balaban J connectivity index is 2.13. The number of hydrogen-bond donors (Lipinski definition) is 1. The molecular formula is C18H18N5+. The van der Waals surface area contributed by atoms with Crippen molar-refractivity contribution in [2.75, 3.05) is 0 Å². The van der Waals surface area contributed by atoms with Crippen LogP contribution in [0.3, 0.4) is 0 Å². The molecule has 1 unspecified atom stereocenters. The number of benzene rings is 1. The van der Waals surface area contributed by atoms with Crippen LogP contribution in [0, 0.1) is 20.8 Å². The molecule has 5 heteroatoms. The average Bonchev–Trinajstić information content (AvgIpc) is 2.92. The van der Waals surface area contributed by atoms with E-state index in [9.17, 15) is 0 Å². The van der Waals surface area contributed by atoms with Crippen molar-refractivity contribution in [1.29, 1.82) is 0 Å². The lowest BCUT2D eigenvalue weighted by atomic mass is 10.0. The highest BCUT2D eigenvalue weighted by Gasteiger charge is 2.49. The molecule has 1 atom stereocenters. The predicted octanol–water partition coefficient (Wildman–Crippen LogP) is 3.53. The maximum atomic E-state index is 6.25. The number of fused-ring (bicyclic) bond motifs is 3. The van der Waals surface area contributed by atoms with Gasteiger partial charge in [-0.1, -0.05) is 17.7 Å². The fourth-order valence-corrected chi connectivity index (χ4v) is 3.72. The molecule has 0 fully saturated rings. The number of amidine groups is 1. The molecule has 2 aliphatic heterocycles. The molecule has 23 heavy (non-hydrogen) atoms. The van der Waals surface area contributed by atoms with E-state index in [2.05, 4.69) is 47.9 Å². The van der Waals surface area contributed by atoms with Crippen LogP contribution in [-0.4, -0.2) is 17.2 Å². The van der Waals surface area contributed by atoms with Crippen LogP contribution in [0.2, 0.25) is 0 Å². The summed E-state index contributed by atoms with van der Waals surface area (Å²) in [6.07, 6.45) is 5.47. The van der Waals surface area contributed by atoms with Crippen LogP contribution in [0.4, 0.5) is 17.2 Å². The van der Waals surface area contributed by atoms with E-state index >= 15 is 0 Å². The van der Waals surface area contributed by atoms with Gasteiger partial charge in [0.1, 0.15) is 5.69 Å². The van der Waals surface area contributed by atoms with Gasteiger partial charge in [0.05, 0.1) is 6.20 Å². The van der Waals surface area contributed by atoms with Gasteiger partial charge in [0.15, 0.2) is 11.5 Å². The van der Waals surface area contributed by atoms with Gasteiger partial charge in [0, 0.05) is 17.3 Å². The standard InChI is InChI=1S/C18H18N5/c1-11-7-12(2)16(13(3)8-11)23-10-20-9-15(23)17(19)22-14-5-4-6-21-18(14)23/h4-10H,1-3H3,(H2,19,22)/q+1. The van der Waals surface area contributed by atoms with Crippen LogP contribution in [0.15, 0.2) is 52.3 Å². The molecule has 0 amide bonds. The van der Waals surface area contributed by atoms with Crippen molar-refractivity contribution in [2.24, 2.45) is 15.7 Å². The van der Waals surface area contributed by atoms with Crippen LogP contribution in [0.1, 0.15) is 16.7 Å². The van der Waals surface area contributed by atoms with E-state index < -0.39 is 0 Å². The lowest BCUT2D eigenvalue weighted by Crippen LogP contribution is -2.47. The molecule has 0 bridgehead atoms. The van der Waals surface area contributed by atoms with E-state index in [0.29, 0.717) is 10.3 Å². The Morgan fingerprint density at radius 3 is 2.57 bits per heavy atom. The number of aryl methyl sites for hydroxylation is 3. The zero-order valence-corrected chi connectivity index (χ0v) is 13.4. The van der Waals surface area contributed by atoms with Crippen LogP contribution >= 0.6 is 0 Å². The van der Waals surface area contributed by atoms with Crippen molar-refractivity contribution in [3.05, 3.63) is 59.0 Å². The van der Waals surface area contributed by atoms with E-state index in [1.165, 1.54) is 16.7 Å². The summed E-state index contributed by atoms with van der Waals surface area (Å²) in [6.45, 7) is 6.35. The summed E-state index contributed by atoms with van der Waals surface area (Å²) in [4.78, 5) is 13.5. The molecular weight excluding hydrogens is 286 g/mol. The second-order valence-electron chi connectivity index (χ2n) is 6.09. The highest BCUT2D eigenvalue weighted by atomic mass is 15.5. The van der Waals surface area contributed by atoms with E-state index in [-0.39, 0.29) is 0 Å². The van der Waals surface area contributed by atoms with Gasteiger partial charge >= 0.3 is 0 Å². The monoisotopic (exact) mass is 304 g/mol. The molecule has 114 valence electrons. The van der Waals surface area contributed by atoms with Crippen LogP contribution in [0.5, 0.6) is 0 Å². The Morgan fingerprint density at radius 2 is 1.83 bits per heavy atom. The number of aromatic nitrogens is 1. The minimum Gasteiger partial charge on any atom is -0.379 e. The molecule has 0 saturated carbocycles. The maximum Gasteiger partial charge on any atom is 0.270 e. The largest absolute Gasteiger partial charge is 0.379 e. The average molecular weight is 304 g/mol. The molecule has 0 aliphatic carbocycles. The van der Waals surface area contributed by atoms with Crippen LogP contribution in [-0.2, 0) is 0 Å². The molecule has 1 aromatic heterocycles. The zero-order chi connectivity index (χ0) is 16.2. The van der Waals surface area contributed by atoms with Gasteiger partial charge in [0.2, 0.25) is 12.0 Å². The zero-order valence-electron chi connectivity index (χ0n) is 13.4. The smallest absolute Gasteiger partial charge is 0.270 e. The Kier molecular flexibility index (Phi) is 2.77. The van der Waals surface area contributed by atoms with Gasteiger partial charge in [-0.3, -0.25) is 0 Å². The number of nitrogens with two attached hydrogens (primary N) is 1. The molecule has 0 radical (unpaired) electrons. The van der Waals surface area contributed by atoms with Crippen molar-refractivity contribution in [2.45, 2.75) is 20.8 Å². The van der Waals surface area contributed by atoms with E-state index in [1.807, 2.05) is 18.5 Å². The highest BCUT2D eigenvalue weighted by molar-refractivity contribution is 6.12. The normalized spacial score (nSPS) is 21.5. The molecule has 5 nitrogen and oxygen atoms in total. The van der Waals surface area contributed by atoms with Crippen molar-refractivity contribution in [3.8, 4) is 0 Å². The summed E-state index contributed by atoms with van der Waals surface area (Å²) in [5, 5.41) is 0. The van der Waals surface area contributed by atoms with Gasteiger partial charge in [-0.05, 0) is 32.9 Å². The molecule has 0 spiro atoms. The third-order valence-corrected chi connectivity index (χ3v) is 4.41. The lowest BCUT2D eigenvalue weighted by molar-refractivity contribution is 0.695. The summed E-state index contributed by atoms with van der Waals surface area (Å²) < 4.78 is 0.309. The van der Waals surface area contributed by atoms with E-state index in [0.717, 1.165) is 22.9 Å². The molecule has 2 N–H and O–H groups in total. The first-order valence-electron chi connectivity index (χ1n) is 7.56. The predicted molar refractivity (Wildman–Crippen MR) is 94.2 cm³/mol. The summed E-state index contributed by atoms with van der Waals surface area (Å²) in [5.41, 5.74) is 12.6. The Morgan fingerprint density at radius 1 is 1.09 bits per heavy atom. The first kappa shape index (κ1) is 13.8. The number of quaternary nitrogens is 1. The topological polar surface area (TPSA) is 63.6 Å². The summed E-state index contributed by atoms with van der Waals surface area (Å²) in [7, 11) is 0. The fraction of sp³-hybridized carbons (Fsp3) is 0.167. The second kappa shape index (κ2) is 4.60. The Hall–Kier alpha value is -2.79. The Bertz CT molecular complexity index is 900. The maximum absolute atomic E-state index is 6.25. The van der Waals surface area contributed by atoms with Crippen LogP contribution < -0.4 is 10.2 Å². The van der Waals surface area contributed by atoms with E-state index in [1.54, 1.807) is 12.4 Å². The molecule has 2 aliphatic rings. The van der Waals surface area contributed by atoms with Crippen molar-refractivity contribution < 1.29 is 0 Å². The summed E-state index contributed by atoms with van der Waals surface area (Å²) >= 11 is 0. The quantitative estimate of drug-likeness (QED) is 0.819. The van der Waals surface area contributed by atoms with Crippen LogP contribution in [0.25, 0.3) is 0 Å². The number of nitrogens with zero attached hydrogens (tertiary/aromatic N) is 4. The molecule has 1 aromatic carbocycles. The molecule has 2 aromatic rings. The highest BCUT2D eigenvalue weighted by Crippen LogP contribution is 2.49. The SMILES string of the molecule is Cc1cc(C)c([N+]23C=NC=C2C(N)=Nc2cccnc23)c(C)c1. The minimum absolute atomic E-state index is 0.309. The Labute approximate surface area is 135 Å². The summed E-state index contributed by atoms with van der Waals surface area (Å²) in [5.74, 6) is 1.33. The third-order valence-electron chi connectivity index (χ3n) is 4.41. The van der Waals surface area contributed by atoms with Gasteiger partial charge in [-0.15, -0.1) is 0 Å². The van der Waals surface area contributed by atoms with Crippen molar-refractivity contribution in [1.82, 2.24) is 9.47 Å². The fourth-order valence-electron chi connectivity index (χ4n) is 3.72. The first-order valence-corrected chi connectivity index (χ1v) is 7.56. The van der Waals surface area contributed by atoms with Gasteiger partial charge in [0.25, 0.3) is 5.82 Å².